The van der Waals surface area contributed by atoms with E-state index < -0.39 is 92.7 Å². The summed E-state index contributed by atoms with van der Waals surface area (Å²) in [6.07, 6.45) is 22.4. The first-order valence-corrected chi connectivity index (χ1v) is 26.8. The fourth-order valence-corrected chi connectivity index (χ4v) is 8.57. The van der Waals surface area contributed by atoms with Gasteiger partial charge in [0.25, 0.3) is 0 Å². The minimum absolute atomic E-state index is 0.169. The summed E-state index contributed by atoms with van der Waals surface area (Å²) >= 11 is 0. The molecule has 0 aromatic carbocycles. The Morgan fingerprint density at radius 1 is 0.463 bits per heavy atom. The van der Waals surface area contributed by atoms with E-state index in [2.05, 4.69) is 26.0 Å². The average molecular weight is 961 g/mol. The minimum atomic E-state index is -1.76. The molecule has 2 fully saturated rings. The second-order valence-corrected chi connectivity index (χ2v) is 19.1. The number of unbranched alkanes of at least 4 members (excludes halogenated alkanes) is 26. The molecule has 7 N–H and O–H groups in total. The molecule has 0 saturated carbocycles. The molecule has 4 unspecified atom stereocenters. The van der Waals surface area contributed by atoms with E-state index >= 15 is 0 Å². The smallest absolute Gasteiger partial charge is 0.306 e. The van der Waals surface area contributed by atoms with Crippen LogP contribution >= 0.6 is 0 Å². The number of ether oxygens (including phenoxy) is 6. The van der Waals surface area contributed by atoms with E-state index in [1.807, 2.05) is 0 Å². The van der Waals surface area contributed by atoms with E-state index in [1.165, 1.54) is 116 Å². The standard InChI is InChI=1S/C52H96O15/c1-3-5-7-9-11-13-15-17-18-19-20-21-23-25-27-29-31-33-35-44(55)65-40(37-62-43(54)34-32-30-28-26-24-22-16-14-12-10-8-6-4-2)38-63-51-50(61)48(59)46(57)42(67-51)39-64-52-49(60)47(58)45(56)41(36-53)66-52/h14,16,40-42,45-53,56-61H,3-13,15,17-39H2,1-2H3/b16-14+/t40-,41+,42+,45-,46-,47?,48?,49?,50?,51+,52+/m1/s1. The van der Waals surface area contributed by atoms with Crippen LogP contribution in [0.2, 0.25) is 0 Å². The predicted molar refractivity (Wildman–Crippen MR) is 257 cm³/mol. The molecule has 2 aliphatic heterocycles. The van der Waals surface area contributed by atoms with Gasteiger partial charge in [0.2, 0.25) is 0 Å². The Bertz CT molecular complexity index is 1220. The van der Waals surface area contributed by atoms with E-state index in [0.717, 1.165) is 57.8 Å². The van der Waals surface area contributed by atoms with Crippen LogP contribution in [-0.2, 0) is 38.0 Å². The molecular weight excluding hydrogens is 865 g/mol. The van der Waals surface area contributed by atoms with Crippen molar-refractivity contribution in [1.29, 1.82) is 0 Å². The number of carbonyl (C=O) groups excluding carboxylic acids is 2. The van der Waals surface area contributed by atoms with Crippen molar-refractivity contribution >= 4 is 11.9 Å². The monoisotopic (exact) mass is 961 g/mol. The van der Waals surface area contributed by atoms with Crippen LogP contribution in [-0.4, -0.2) is 142 Å². The molecule has 0 amide bonds. The Morgan fingerprint density at radius 2 is 0.851 bits per heavy atom. The van der Waals surface area contributed by atoms with Crippen molar-refractivity contribution in [3.05, 3.63) is 12.2 Å². The van der Waals surface area contributed by atoms with Gasteiger partial charge in [-0.15, -0.1) is 0 Å². The molecule has 2 saturated heterocycles. The maximum absolute atomic E-state index is 13.0. The third kappa shape index (κ3) is 28.0. The molecule has 67 heavy (non-hydrogen) atoms. The van der Waals surface area contributed by atoms with Crippen LogP contribution in [0.3, 0.4) is 0 Å². The fraction of sp³-hybridized carbons (Fsp3) is 0.923. The summed E-state index contributed by atoms with van der Waals surface area (Å²) in [5, 5.41) is 72.1. The third-order valence-corrected chi connectivity index (χ3v) is 13.0. The number of aliphatic hydroxyl groups excluding tert-OH is 7. The Labute approximate surface area is 403 Å². The number of carbonyl (C=O) groups is 2. The molecule has 15 heteroatoms. The first-order valence-electron chi connectivity index (χ1n) is 26.8. The highest BCUT2D eigenvalue weighted by molar-refractivity contribution is 5.70. The van der Waals surface area contributed by atoms with Crippen LogP contribution in [0.1, 0.15) is 213 Å². The summed E-state index contributed by atoms with van der Waals surface area (Å²) in [5.74, 6) is -0.924. The van der Waals surface area contributed by atoms with E-state index in [-0.39, 0.29) is 26.1 Å². The lowest BCUT2D eigenvalue weighted by atomic mass is 9.98. The van der Waals surface area contributed by atoms with Gasteiger partial charge in [-0.2, -0.15) is 0 Å². The zero-order valence-corrected chi connectivity index (χ0v) is 41.7. The van der Waals surface area contributed by atoms with E-state index in [1.54, 1.807) is 0 Å². The Kier molecular flexibility index (Phi) is 36.5. The fourth-order valence-electron chi connectivity index (χ4n) is 8.57. The summed E-state index contributed by atoms with van der Waals surface area (Å²) < 4.78 is 33.6. The maximum Gasteiger partial charge on any atom is 0.306 e. The van der Waals surface area contributed by atoms with Crippen molar-refractivity contribution in [3.8, 4) is 0 Å². The highest BCUT2D eigenvalue weighted by Gasteiger charge is 2.47. The SMILES string of the molecule is CCCCCC/C=C/CCCCCCCC(=O)OC[C@H](CO[C@H]1O[C@@H](CO[C@H]2O[C@@H](CO)[C@@H](O)C(O)C2O)[C@@H](O)C(O)C1O)OC(=O)CCCCCCCCCCCCCCCCCCCC. The predicted octanol–water partition coefficient (Wildman–Crippen LogP) is 7.77. The Balaban J connectivity index is 1.78. The van der Waals surface area contributed by atoms with E-state index in [9.17, 15) is 45.3 Å². The van der Waals surface area contributed by atoms with Crippen molar-refractivity contribution in [1.82, 2.24) is 0 Å². The van der Waals surface area contributed by atoms with E-state index in [4.69, 9.17) is 28.4 Å². The second-order valence-electron chi connectivity index (χ2n) is 19.1. The molecule has 0 aromatic rings. The van der Waals surface area contributed by atoms with E-state index in [0.29, 0.717) is 12.8 Å². The number of allylic oxidation sites excluding steroid dienone is 2. The van der Waals surface area contributed by atoms with Crippen molar-refractivity contribution in [3.63, 3.8) is 0 Å². The first kappa shape index (κ1) is 61.4. The summed E-state index contributed by atoms with van der Waals surface area (Å²) in [5.41, 5.74) is 0. The third-order valence-electron chi connectivity index (χ3n) is 13.0. The minimum Gasteiger partial charge on any atom is -0.462 e. The van der Waals surface area contributed by atoms with Crippen LogP contribution in [0.15, 0.2) is 12.2 Å². The molecule has 2 heterocycles. The quantitative estimate of drug-likeness (QED) is 0.0176. The molecule has 2 rings (SSSR count). The van der Waals surface area contributed by atoms with Gasteiger partial charge in [0.05, 0.1) is 19.8 Å². The molecule has 0 bridgehead atoms. The number of aliphatic hydroxyl groups is 7. The maximum atomic E-state index is 13.0. The van der Waals surface area contributed by atoms with Crippen molar-refractivity contribution in [2.24, 2.45) is 0 Å². The normalized spacial score (nSPS) is 26.0. The summed E-state index contributed by atoms with van der Waals surface area (Å²) in [6, 6.07) is 0. The Hall–Kier alpha value is -1.76. The number of hydrogen-bond donors (Lipinski definition) is 7. The molecule has 2 aliphatic rings. The zero-order chi connectivity index (χ0) is 48.9. The topological polar surface area (TPSA) is 231 Å². The lowest BCUT2D eigenvalue weighted by Crippen LogP contribution is -2.61. The van der Waals surface area contributed by atoms with Crippen LogP contribution in [0.4, 0.5) is 0 Å². The number of esters is 2. The van der Waals surface area contributed by atoms with Crippen LogP contribution in [0.5, 0.6) is 0 Å². The van der Waals surface area contributed by atoms with Crippen molar-refractivity contribution < 1.29 is 73.8 Å². The van der Waals surface area contributed by atoms with Gasteiger partial charge in [0.15, 0.2) is 18.7 Å². The largest absolute Gasteiger partial charge is 0.462 e. The summed E-state index contributed by atoms with van der Waals surface area (Å²) in [6.45, 7) is 2.59. The van der Waals surface area contributed by atoms with Gasteiger partial charge in [0.1, 0.15) is 55.4 Å². The van der Waals surface area contributed by atoms with Gasteiger partial charge in [-0.3, -0.25) is 9.59 Å². The lowest BCUT2D eigenvalue weighted by molar-refractivity contribution is -0.332. The molecule has 0 spiro atoms. The van der Waals surface area contributed by atoms with Gasteiger partial charge < -0.3 is 64.2 Å². The zero-order valence-electron chi connectivity index (χ0n) is 41.7. The molecular formula is C52H96O15. The first-order chi connectivity index (χ1) is 32.5. The van der Waals surface area contributed by atoms with Gasteiger partial charge in [-0.1, -0.05) is 174 Å². The number of rotatable bonds is 42. The molecule has 0 radical (unpaired) electrons. The van der Waals surface area contributed by atoms with Crippen LogP contribution < -0.4 is 0 Å². The van der Waals surface area contributed by atoms with Crippen molar-refractivity contribution in [2.75, 3.05) is 26.4 Å². The second kappa shape index (κ2) is 39.9. The number of hydrogen-bond acceptors (Lipinski definition) is 15. The highest BCUT2D eigenvalue weighted by atomic mass is 16.7. The molecule has 0 aromatic heterocycles. The lowest BCUT2D eigenvalue weighted by Gasteiger charge is -2.42. The van der Waals surface area contributed by atoms with Crippen LogP contribution in [0.25, 0.3) is 0 Å². The molecule has 11 atom stereocenters. The van der Waals surface area contributed by atoms with Gasteiger partial charge in [-0.25, -0.2) is 0 Å². The van der Waals surface area contributed by atoms with Gasteiger partial charge >= 0.3 is 11.9 Å². The summed E-state index contributed by atoms with van der Waals surface area (Å²) in [7, 11) is 0. The van der Waals surface area contributed by atoms with Crippen LogP contribution in [0, 0.1) is 0 Å². The molecule has 15 nitrogen and oxygen atoms in total. The van der Waals surface area contributed by atoms with Gasteiger partial charge in [0, 0.05) is 12.8 Å². The Morgan fingerprint density at radius 3 is 1.33 bits per heavy atom. The molecule has 0 aliphatic carbocycles. The van der Waals surface area contributed by atoms with Gasteiger partial charge in [-0.05, 0) is 38.5 Å². The summed E-state index contributed by atoms with van der Waals surface area (Å²) in [4.78, 5) is 25.8. The average Bonchev–Trinajstić information content (AvgIpc) is 3.32. The van der Waals surface area contributed by atoms with Crippen molar-refractivity contribution in [2.45, 2.75) is 280 Å². The highest BCUT2D eigenvalue weighted by Crippen LogP contribution is 2.27. The molecule has 394 valence electrons.